The van der Waals surface area contributed by atoms with Crippen molar-refractivity contribution in [1.82, 2.24) is 14.8 Å². The summed E-state index contributed by atoms with van der Waals surface area (Å²) in [7, 11) is 0. The van der Waals surface area contributed by atoms with Gasteiger partial charge in [-0.2, -0.15) is 0 Å². The van der Waals surface area contributed by atoms with Gasteiger partial charge in [0, 0.05) is 17.1 Å². The summed E-state index contributed by atoms with van der Waals surface area (Å²) in [5.41, 5.74) is 2.07. The normalized spacial score (nSPS) is 10.9. The molecule has 3 aromatic rings. The highest BCUT2D eigenvalue weighted by Crippen LogP contribution is 2.24. The first-order valence-electron chi connectivity index (χ1n) is 4.29. The highest BCUT2D eigenvalue weighted by atomic mass is 32.1. The number of thiazole rings is 1. The number of benzene rings is 1. The van der Waals surface area contributed by atoms with Gasteiger partial charge in [-0.15, -0.1) is 16.4 Å². The van der Waals surface area contributed by atoms with Gasteiger partial charge in [-0.05, 0) is 0 Å². The van der Waals surface area contributed by atoms with Crippen LogP contribution in [0.5, 0.6) is 0 Å². The van der Waals surface area contributed by atoms with Crippen LogP contribution in [0, 0.1) is 0 Å². The Morgan fingerprint density at radius 3 is 2.86 bits per heavy atom. The molecule has 0 spiro atoms. The van der Waals surface area contributed by atoms with Gasteiger partial charge in [-0.1, -0.05) is 35.5 Å². The molecule has 0 aliphatic heterocycles. The lowest BCUT2D eigenvalue weighted by atomic mass is 10.2. The third-order valence-electron chi connectivity index (χ3n) is 2.08. The van der Waals surface area contributed by atoms with E-state index in [-0.39, 0.29) is 0 Å². The summed E-state index contributed by atoms with van der Waals surface area (Å²) in [5.74, 6) is 0. The molecule has 2 aromatic heterocycles. The van der Waals surface area contributed by atoms with Crippen LogP contribution in [0.4, 0.5) is 0 Å². The van der Waals surface area contributed by atoms with E-state index in [4.69, 9.17) is 0 Å². The number of nitrogens with zero attached hydrogens (tertiary/aromatic N) is 3. The van der Waals surface area contributed by atoms with Crippen LogP contribution in [0.3, 0.4) is 0 Å². The van der Waals surface area contributed by atoms with Gasteiger partial charge in [0.05, 0.1) is 0 Å². The Bertz CT molecular complexity index is 553. The third kappa shape index (κ3) is 1.04. The smallest absolute Gasteiger partial charge is 0.147 e. The van der Waals surface area contributed by atoms with Gasteiger partial charge in [0.2, 0.25) is 0 Å². The van der Waals surface area contributed by atoms with Crippen LogP contribution < -0.4 is 0 Å². The van der Waals surface area contributed by atoms with Gasteiger partial charge in [-0.25, -0.2) is 4.52 Å². The quantitative estimate of drug-likeness (QED) is 0.605. The minimum atomic E-state index is 0.959. The molecule has 3 rings (SSSR count). The molecule has 68 valence electrons. The fraction of sp³-hybridized carbons (Fsp3) is 0. The Morgan fingerprint density at radius 2 is 2.00 bits per heavy atom. The lowest BCUT2D eigenvalue weighted by Gasteiger charge is -1.92. The molecule has 2 heterocycles. The van der Waals surface area contributed by atoms with Gasteiger partial charge in [0.1, 0.15) is 10.5 Å². The van der Waals surface area contributed by atoms with Crippen LogP contribution in [0.15, 0.2) is 41.9 Å². The minimum Gasteiger partial charge on any atom is -0.209 e. The lowest BCUT2D eigenvalue weighted by Crippen LogP contribution is -1.77. The standard InChI is InChI=1S/C10H7N3S/c1-2-4-8(5-3-1)9-10-13(12-11-9)6-7-14-10/h1-7H. The monoisotopic (exact) mass is 201 g/mol. The molecule has 0 N–H and O–H groups in total. The van der Waals surface area contributed by atoms with E-state index in [0.29, 0.717) is 0 Å². The number of aromatic nitrogens is 3. The fourth-order valence-corrected chi connectivity index (χ4v) is 2.20. The molecule has 0 radical (unpaired) electrons. The molecular weight excluding hydrogens is 194 g/mol. The fourth-order valence-electron chi connectivity index (χ4n) is 1.42. The highest BCUT2D eigenvalue weighted by Gasteiger charge is 2.08. The zero-order valence-electron chi connectivity index (χ0n) is 7.29. The van der Waals surface area contributed by atoms with Gasteiger partial charge < -0.3 is 0 Å². The van der Waals surface area contributed by atoms with Crippen molar-refractivity contribution in [2.75, 3.05) is 0 Å². The molecule has 0 amide bonds. The summed E-state index contributed by atoms with van der Waals surface area (Å²) < 4.78 is 1.80. The second-order valence-corrected chi connectivity index (χ2v) is 3.85. The molecule has 0 bridgehead atoms. The number of hydrogen-bond donors (Lipinski definition) is 0. The van der Waals surface area contributed by atoms with Crippen molar-refractivity contribution in [3.63, 3.8) is 0 Å². The zero-order chi connectivity index (χ0) is 9.38. The predicted octanol–water partition coefficient (Wildman–Crippen LogP) is 2.46. The maximum atomic E-state index is 4.15. The molecule has 0 aliphatic rings. The van der Waals surface area contributed by atoms with Crippen LogP contribution in [0.25, 0.3) is 16.1 Å². The van der Waals surface area contributed by atoms with E-state index >= 15 is 0 Å². The summed E-state index contributed by atoms with van der Waals surface area (Å²) in [6, 6.07) is 10.1. The van der Waals surface area contributed by atoms with Gasteiger partial charge in [0.25, 0.3) is 0 Å². The number of hydrogen-bond acceptors (Lipinski definition) is 3. The topological polar surface area (TPSA) is 30.2 Å². The van der Waals surface area contributed by atoms with Gasteiger partial charge >= 0.3 is 0 Å². The van der Waals surface area contributed by atoms with Crippen molar-refractivity contribution in [3.05, 3.63) is 41.9 Å². The van der Waals surface area contributed by atoms with Crippen LogP contribution in [-0.2, 0) is 0 Å². The lowest BCUT2D eigenvalue weighted by molar-refractivity contribution is 0.864. The Labute approximate surface area is 84.6 Å². The molecule has 0 saturated heterocycles. The van der Waals surface area contributed by atoms with Crippen LogP contribution >= 0.6 is 11.3 Å². The average Bonchev–Trinajstić information content (AvgIpc) is 2.79. The first-order chi connectivity index (χ1) is 6.95. The van der Waals surface area contributed by atoms with Gasteiger partial charge in [0.15, 0.2) is 0 Å². The van der Waals surface area contributed by atoms with E-state index in [9.17, 15) is 0 Å². The van der Waals surface area contributed by atoms with Crippen molar-refractivity contribution < 1.29 is 0 Å². The molecule has 1 aromatic carbocycles. The Kier molecular flexibility index (Phi) is 1.61. The van der Waals surface area contributed by atoms with Crippen LogP contribution in [0.1, 0.15) is 0 Å². The molecule has 0 atom stereocenters. The molecule has 0 fully saturated rings. The molecule has 4 heteroatoms. The highest BCUT2D eigenvalue weighted by molar-refractivity contribution is 7.16. The minimum absolute atomic E-state index is 0.959. The molecular formula is C10H7N3S. The second-order valence-electron chi connectivity index (χ2n) is 2.96. The zero-order valence-corrected chi connectivity index (χ0v) is 8.11. The van der Waals surface area contributed by atoms with E-state index in [1.54, 1.807) is 15.9 Å². The first-order valence-corrected chi connectivity index (χ1v) is 5.17. The molecule has 0 saturated carbocycles. The van der Waals surface area contributed by atoms with E-state index in [1.165, 1.54) is 0 Å². The molecule has 14 heavy (non-hydrogen) atoms. The summed E-state index contributed by atoms with van der Waals surface area (Å²) in [4.78, 5) is 1.09. The second kappa shape index (κ2) is 2.92. The first kappa shape index (κ1) is 7.70. The van der Waals surface area contributed by atoms with E-state index in [2.05, 4.69) is 10.3 Å². The largest absolute Gasteiger partial charge is 0.209 e. The third-order valence-corrected chi connectivity index (χ3v) is 2.94. The molecule has 0 unspecified atom stereocenters. The summed E-state index contributed by atoms with van der Waals surface area (Å²) in [6.45, 7) is 0. The van der Waals surface area contributed by atoms with E-state index in [1.807, 2.05) is 41.9 Å². The van der Waals surface area contributed by atoms with Crippen LogP contribution in [0.2, 0.25) is 0 Å². The maximum absolute atomic E-state index is 4.15. The summed E-state index contributed by atoms with van der Waals surface area (Å²) in [6.07, 6.45) is 1.92. The number of fused-ring (bicyclic) bond motifs is 1. The average molecular weight is 201 g/mol. The molecule has 0 aliphatic carbocycles. The van der Waals surface area contributed by atoms with Crippen molar-refractivity contribution in [3.8, 4) is 11.3 Å². The maximum Gasteiger partial charge on any atom is 0.147 e. The van der Waals surface area contributed by atoms with Crippen molar-refractivity contribution >= 4 is 16.2 Å². The Hall–Kier alpha value is -1.68. The van der Waals surface area contributed by atoms with E-state index in [0.717, 1.165) is 16.1 Å². The Balaban J connectivity index is 2.28. The predicted molar refractivity (Wildman–Crippen MR) is 56.3 cm³/mol. The summed E-state index contributed by atoms with van der Waals surface area (Å²) in [5, 5.41) is 10.2. The molecule has 3 nitrogen and oxygen atoms in total. The van der Waals surface area contributed by atoms with Crippen molar-refractivity contribution in [2.45, 2.75) is 0 Å². The van der Waals surface area contributed by atoms with Crippen molar-refractivity contribution in [1.29, 1.82) is 0 Å². The summed E-state index contributed by atoms with van der Waals surface area (Å²) >= 11 is 1.65. The van der Waals surface area contributed by atoms with Crippen LogP contribution in [-0.4, -0.2) is 14.8 Å². The number of rotatable bonds is 1. The van der Waals surface area contributed by atoms with Crippen molar-refractivity contribution in [2.24, 2.45) is 0 Å². The van der Waals surface area contributed by atoms with Gasteiger partial charge in [-0.3, -0.25) is 0 Å². The van der Waals surface area contributed by atoms with E-state index < -0.39 is 0 Å². The Morgan fingerprint density at radius 1 is 1.14 bits per heavy atom. The SMILES string of the molecule is c1ccc(-c2nnn3ccsc23)cc1.